The zero-order valence-corrected chi connectivity index (χ0v) is 20.2. The van der Waals surface area contributed by atoms with Gasteiger partial charge >= 0.3 is 0 Å². The second-order valence-electron chi connectivity index (χ2n) is 9.28. The number of ether oxygens (including phenoxy) is 1. The first-order chi connectivity index (χ1) is 15.1. The molecule has 1 N–H and O–H groups in total. The second-order valence-corrected chi connectivity index (χ2v) is 11.2. The standard InChI is InChI=1S/C25H34N2O4S/c1-19(2)15-20-9-11-23(12-10-20)32(29,30)27-14-6-13-25(3,18-27)24(28)26-17-21-7-5-8-22(16-21)31-4/h5,7-12,16,19H,6,13-15,17-18H2,1-4H3,(H,26,28)/t25-/m0/s1. The third kappa shape index (κ3) is 5.70. The molecule has 0 unspecified atom stereocenters. The molecule has 2 aromatic rings. The van der Waals surface area contributed by atoms with Crippen LogP contribution in [0.4, 0.5) is 0 Å². The molecule has 1 atom stereocenters. The van der Waals surface area contributed by atoms with Crippen LogP contribution in [-0.2, 0) is 27.8 Å². The van der Waals surface area contributed by atoms with Crippen molar-refractivity contribution in [2.75, 3.05) is 20.2 Å². The molecule has 1 heterocycles. The second kappa shape index (κ2) is 10.0. The van der Waals surface area contributed by atoms with Crippen molar-refractivity contribution in [3.8, 4) is 5.75 Å². The maximum absolute atomic E-state index is 13.3. The summed E-state index contributed by atoms with van der Waals surface area (Å²) in [5.41, 5.74) is 1.28. The van der Waals surface area contributed by atoms with Gasteiger partial charge in [0.2, 0.25) is 15.9 Å². The molecule has 1 saturated heterocycles. The summed E-state index contributed by atoms with van der Waals surface area (Å²) in [5, 5.41) is 2.98. The highest BCUT2D eigenvalue weighted by molar-refractivity contribution is 7.89. The van der Waals surface area contributed by atoms with Crippen molar-refractivity contribution in [1.82, 2.24) is 9.62 Å². The lowest BCUT2D eigenvalue weighted by atomic mass is 9.82. The van der Waals surface area contributed by atoms with Gasteiger partial charge in [0.05, 0.1) is 17.4 Å². The van der Waals surface area contributed by atoms with E-state index >= 15 is 0 Å². The maximum atomic E-state index is 13.3. The molecule has 0 saturated carbocycles. The van der Waals surface area contributed by atoms with Gasteiger partial charge in [0.15, 0.2) is 0 Å². The SMILES string of the molecule is COc1cccc(CNC(=O)[C@@]2(C)CCCN(S(=O)(=O)c3ccc(CC(C)C)cc3)C2)c1. The largest absolute Gasteiger partial charge is 0.497 e. The number of rotatable bonds is 8. The van der Waals surface area contributed by atoms with E-state index in [2.05, 4.69) is 19.2 Å². The van der Waals surface area contributed by atoms with E-state index in [1.54, 1.807) is 19.2 Å². The minimum atomic E-state index is -3.65. The molecule has 7 heteroatoms. The molecule has 2 aromatic carbocycles. The van der Waals surface area contributed by atoms with Crippen LogP contribution in [0, 0.1) is 11.3 Å². The number of hydrogen-bond acceptors (Lipinski definition) is 4. The van der Waals surface area contributed by atoms with E-state index in [9.17, 15) is 13.2 Å². The predicted molar refractivity (Wildman–Crippen MR) is 126 cm³/mol. The van der Waals surface area contributed by atoms with Crippen LogP contribution in [0.5, 0.6) is 5.75 Å². The highest BCUT2D eigenvalue weighted by Gasteiger charge is 2.41. The third-order valence-electron chi connectivity index (χ3n) is 6.00. The van der Waals surface area contributed by atoms with Crippen LogP contribution in [0.3, 0.4) is 0 Å². The van der Waals surface area contributed by atoms with Crippen LogP contribution in [0.1, 0.15) is 44.7 Å². The number of amides is 1. The van der Waals surface area contributed by atoms with Gasteiger partial charge in [-0.15, -0.1) is 0 Å². The normalized spacial score (nSPS) is 19.7. The van der Waals surface area contributed by atoms with Crippen molar-refractivity contribution in [2.45, 2.75) is 51.5 Å². The molecule has 0 bridgehead atoms. The minimum absolute atomic E-state index is 0.132. The van der Waals surface area contributed by atoms with E-state index in [-0.39, 0.29) is 17.3 Å². The fourth-order valence-electron chi connectivity index (χ4n) is 4.18. The molecule has 3 rings (SSSR count). The average Bonchev–Trinajstić information content (AvgIpc) is 2.77. The molecule has 0 aliphatic carbocycles. The number of carbonyl (C=O) groups excluding carboxylic acids is 1. The van der Waals surface area contributed by atoms with Crippen LogP contribution < -0.4 is 10.1 Å². The fraction of sp³-hybridized carbons (Fsp3) is 0.480. The monoisotopic (exact) mass is 458 g/mol. The van der Waals surface area contributed by atoms with Crippen LogP contribution in [0.15, 0.2) is 53.4 Å². The van der Waals surface area contributed by atoms with Gasteiger partial charge in [-0.3, -0.25) is 4.79 Å². The molecule has 174 valence electrons. The Labute approximate surface area is 192 Å². The van der Waals surface area contributed by atoms with E-state index in [0.717, 1.165) is 23.3 Å². The molecule has 1 amide bonds. The Balaban J connectivity index is 1.68. The number of benzene rings is 2. The van der Waals surface area contributed by atoms with Gasteiger partial charge in [-0.05, 0) is 67.5 Å². The third-order valence-corrected chi connectivity index (χ3v) is 7.86. The number of nitrogens with one attached hydrogen (secondary N) is 1. The molecule has 1 aliphatic rings. The summed E-state index contributed by atoms with van der Waals surface area (Å²) >= 11 is 0. The Kier molecular flexibility index (Phi) is 7.62. The van der Waals surface area contributed by atoms with Gasteiger partial charge in [-0.2, -0.15) is 4.31 Å². The van der Waals surface area contributed by atoms with Crippen molar-refractivity contribution >= 4 is 15.9 Å². The summed E-state index contributed by atoms with van der Waals surface area (Å²) in [5.74, 6) is 1.11. The maximum Gasteiger partial charge on any atom is 0.243 e. The van der Waals surface area contributed by atoms with E-state index in [0.29, 0.717) is 31.8 Å². The highest BCUT2D eigenvalue weighted by Crippen LogP contribution is 2.33. The fourth-order valence-corrected chi connectivity index (χ4v) is 5.78. The van der Waals surface area contributed by atoms with Gasteiger partial charge in [0.25, 0.3) is 0 Å². The van der Waals surface area contributed by atoms with Gasteiger partial charge in [0, 0.05) is 19.6 Å². The smallest absolute Gasteiger partial charge is 0.243 e. The minimum Gasteiger partial charge on any atom is -0.497 e. The van der Waals surface area contributed by atoms with E-state index in [1.165, 1.54) is 4.31 Å². The van der Waals surface area contributed by atoms with Gasteiger partial charge in [-0.1, -0.05) is 38.1 Å². The molecule has 6 nitrogen and oxygen atoms in total. The van der Waals surface area contributed by atoms with E-state index in [1.807, 2.05) is 43.3 Å². The number of sulfonamides is 1. The van der Waals surface area contributed by atoms with Crippen molar-refractivity contribution in [1.29, 1.82) is 0 Å². The first kappa shape index (κ1) is 24.3. The lowest BCUT2D eigenvalue weighted by Crippen LogP contribution is -2.51. The molecule has 1 fully saturated rings. The van der Waals surface area contributed by atoms with Crippen LogP contribution in [0.25, 0.3) is 0 Å². The molecular formula is C25H34N2O4S. The topological polar surface area (TPSA) is 75.7 Å². The summed E-state index contributed by atoms with van der Waals surface area (Å²) < 4.78 is 33.2. The molecular weight excluding hydrogens is 424 g/mol. The van der Waals surface area contributed by atoms with Crippen molar-refractivity contribution in [3.63, 3.8) is 0 Å². The summed E-state index contributed by atoms with van der Waals surface area (Å²) in [4.78, 5) is 13.3. The molecule has 0 radical (unpaired) electrons. The zero-order chi connectivity index (χ0) is 23.4. The Morgan fingerprint density at radius 1 is 1.16 bits per heavy atom. The Bertz CT molecular complexity index is 1030. The first-order valence-electron chi connectivity index (χ1n) is 11.1. The van der Waals surface area contributed by atoms with E-state index < -0.39 is 15.4 Å². The first-order valence-corrected chi connectivity index (χ1v) is 12.6. The number of piperidine rings is 1. The Hall–Kier alpha value is -2.38. The molecule has 1 aliphatic heterocycles. The van der Waals surface area contributed by atoms with Crippen LogP contribution >= 0.6 is 0 Å². The summed E-state index contributed by atoms with van der Waals surface area (Å²) in [7, 11) is -2.05. The number of hydrogen-bond donors (Lipinski definition) is 1. The molecule has 0 aromatic heterocycles. The van der Waals surface area contributed by atoms with Crippen molar-refractivity contribution in [2.24, 2.45) is 11.3 Å². The quantitative estimate of drug-likeness (QED) is 0.649. The summed E-state index contributed by atoms with van der Waals surface area (Å²) in [6.45, 7) is 7.09. The Morgan fingerprint density at radius 2 is 1.88 bits per heavy atom. The lowest BCUT2D eigenvalue weighted by Gasteiger charge is -2.38. The van der Waals surface area contributed by atoms with Crippen molar-refractivity contribution < 1.29 is 17.9 Å². The van der Waals surface area contributed by atoms with Gasteiger partial charge in [-0.25, -0.2) is 8.42 Å². The summed E-state index contributed by atoms with van der Waals surface area (Å²) in [6, 6.07) is 14.7. The lowest BCUT2D eigenvalue weighted by molar-refractivity contribution is -0.132. The predicted octanol–water partition coefficient (Wildman–Crippen LogP) is 4.00. The number of nitrogens with zero attached hydrogens (tertiary/aromatic N) is 1. The zero-order valence-electron chi connectivity index (χ0n) is 19.4. The average molecular weight is 459 g/mol. The van der Waals surface area contributed by atoms with Crippen LogP contribution in [0.2, 0.25) is 0 Å². The summed E-state index contributed by atoms with van der Waals surface area (Å²) in [6.07, 6.45) is 2.21. The van der Waals surface area contributed by atoms with Gasteiger partial charge in [0.1, 0.15) is 5.75 Å². The number of carbonyl (C=O) groups is 1. The van der Waals surface area contributed by atoms with E-state index in [4.69, 9.17) is 4.74 Å². The van der Waals surface area contributed by atoms with Crippen molar-refractivity contribution in [3.05, 3.63) is 59.7 Å². The van der Waals surface area contributed by atoms with Gasteiger partial charge < -0.3 is 10.1 Å². The van der Waals surface area contributed by atoms with Crippen LogP contribution in [-0.4, -0.2) is 38.8 Å². The number of methoxy groups -OCH3 is 1. The molecule has 0 spiro atoms. The molecule has 32 heavy (non-hydrogen) atoms. The Morgan fingerprint density at radius 3 is 2.53 bits per heavy atom. The highest BCUT2D eigenvalue weighted by atomic mass is 32.2.